The Hall–Kier alpha value is -2.20. The Labute approximate surface area is 103 Å². The Morgan fingerprint density at radius 2 is 1.67 bits per heavy atom. The van der Waals surface area contributed by atoms with Crippen LogP contribution in [0.1, 0.15) is 27.6 Å². The monoisotopic (exact) mass is 246 g/mol. The van der Waals surface area contributed by atoms with E-state index in [1.54, 1.807) is 12.1 Å². The van der Waals surface area contributed by atoms with Gasteiger partial charge in [0.25, 0.3) is 0 Å². The lowest BCUT2D eigenvalue weighted by Gasteiger charge is -2.13. The lowest BCUT2D eigenvalue weighted by molar-refractivity contribution is 0.0691. The standard InChI is InChI=1S/C14H11FO3/c15-10-7-5-9(6-8-10)13(16)11-3-1-2-4-12(11)14(17)18/h1-8,13,16H,(H,17,18). The van der Waals surface area contributed by atoms with Crippen LogP contribution in [0.2, 0.25) is 0 Å². The Kier molecular flexibility index (Phi) is 3.39. The van der Waals surface area contributed by atoms with Crippen molar-refractivity contribution in [2.24, 2.45) is 0 Å². The zero-order valence-electron chi connectivity index (χ0n) is 9.38. The molecule has 2 aromatic carbocycles. The van der Waals surface area contributed by atoms with Crippen molar-refractivity contribution in [1.29, 1.82) is 0 Å². The minimum Gasteiger partial charge on any atom is -0.478 e. The molecule has 0 spiro atoms. The largest absolute Gasteiger partial charge is 0.478 e. The molecule has 0 aromatic heterocycles. The van der Waals surface area contributed by atoms with Gasteiger partial charge in [0.05, 0.1) is 5.56 Å². The maximum atomic E-state index is 12.8. The van der Waals surface area contributed by atoms with E-state index in [0.29, 0.717) is 5.56 Å². The highest BCUT2D eigenvalue weighted by Gasteiger charge is 2.17. The molecule has 1 atom stereocenters. The number of hydrogen-bond donors (Lipinski definition) is 2. The van der Waals surface area contributed by atoms with Crippen molar-refractivity contribution >= 4 is 5.97 Å². The van der Waals surface area contributed by atoms with Crippen LogP contribution in [0, 0.1) is 5.82 Å². The van der Waals surface area contributed by atoms with E-state index in [2.05, 4.69) is 0 Å². The topological polar surface area (TPSA) is 57.5 Å². The summed E-state index contributed by atoms with van der Waals surface area (Å²) in [7, 11) is 0. The molecule has 0 aliphatic heterocycles. The highest BCUT2D eigenvalue weighted by molar-refractivity contribution is 5.89. The number of benzene rings is 2. The molecule has 0 aliphatic rings. The van der Waals surface area contributed by atoms with Gasteiger partial charge in [0.2, 0.25) is 0 Å². The molecule has 3 nitrogen and oxygen atoms in total. The third kappa shape index (κ3) is 2.38. The molecule has 0 fully saturated rings. The molecule has 0 heterocycles. The van der Waals surface area contributed by atoms with Crippen LogP contribution in [0.4, 0.5) is 4.39 Å². The Morgan fingerprint density at radius 3 is 2.28 bits per heavy atom. The Morgan fingerprint density at radius 1 is 1.06 bits per heavy atom. The molecule has 92 valence electrons. The molecule has 2 N–H and O–H groups in total. The van der Waals surface area contributed by atoms with Crippen LogP contribution >= 0.6 is 0 Å². The van der Waals surface area contributed by atoms with Crippen molar-refractivity contribution in [1.82, 2.24) is 0 Å². The number of hydrogen-bond acceptors (Lipinski definition) is 2. The highest BCUT2D eigenvalue weighted by atomic mass is 19.1. The molecule has 0 aliphatic carbocycles. The van der Waals surface area contributed by atoms with E-state index in [0.717, 1.165) is 0 Å². The summed E-state index contributed by atoms with van der Waals surface area (Å²) in [5, 5.41) is 19.2. The number of carboxylic acids is 1. The van der Waals surface area contributed by atoms with Crippen LogP contribution in [0.25, 0.3) is 0 Å². The van der Waals surface area contributed by atoms with E-state index in [9.17, 15) is 14.3 Å². The van der Waals surface area contributed by atoms with Crippen LogP contribution in [-0.2, 0) is 0 Å². The lowest BCUT2D eigenvalue weighted by atomic mass is 9.97. The second-order valence-electron chi connectivity index (χ2n) is 3.85. The summed E-state index contributed by atoms with van der Waals surface area (Å²) in [6, 6.07) is 11.5. The fraction of sp³-hybridized carbons (Fsp3) is 0.0714. The maximum Gasteiger partial charge on any atom is 0.336 e. The minimum atomic E-state index is -1.10. The van der Waals surface area contributed by atoms with E-state index in [-0.39, 0.29) is 11.1 Å². The zero-order chi connectivity index (χ0) is 13.1. The van der Waals surface area contributed by atoms with Crippen molar-refractivity contribution in [3.63, 3.8) is 0 Å². The fourth-order valence-electron chi connectivity index (χ4n) is 1.75. The van der Waals surface area contributed by atoms with E-state index in [4.69, 9.17) is 5.11 Å². The van der Waals surface area contributed by atoms with Gasteiger partial charge in [-0.15, -0.1) is 0 Å². The molecule has 0 bridgehead atoms. The second-order valence-corrected chi connectivity index (χ2v) is 3.85. The third-order valence-electron chi connectivity index (χ3n) is 2.67. The van der Waals surface area contributed by atoms with Crippen molar-refractivity contribution in [3.8, 4) is 0 Å². The third-order valence-corrected chi connectivity index (χ3v) is 2.67. The molecule has 1 unspecified atom stereocenters. The molecule has 0 saturated carbocycles. The Bertz CT molecular complexity index is 564. The van der Waals surface area contributed by atoms with Crippen LogP contribution in [0.15, 0.2) is 48.5 Å². The highest BCUT2D eigenvalue weighted by Crippen LogP contribution is 2.25. The average molecular weight is 246 g/mol. The van der Waals surface area contributed by atoms with Gasteiger partial charge in [0.1, 0.15) is 11.9 Å². The number of aromatic carboxylic acids is 1. The smallest absolute Gasteiger partial charge is 0.336 e. The van der Waals surface area contributed by atoms with Crippen LogP contribution < -0.4 is 0 Å². The van der Waals surface area contributed by atoms with E-state index < -0.39 is 17.9 Å². The summed E-state index contributed by atoms with van der Waals surface area (Å²) < 4.78 is 12.8. The number of halogens is 1. The molecular formula is C14H11FO3. The van der Waals surface area contributed by atoms with Gasteiger partial charge in [0, 0.05) is 0 Å². The summed E-state index contributed by atoms with van der Waals surface area (Å²) >= 11 is 0. The predicted octanol–water partition coefficient (Wildman–Crippen LogP) is 2.61. The second kappa shape index (κ2) is 4.98. The number of carboxylic acid groups (broad SMARTS) is 1. The van der Waals surface area contributed by atoms with Crippen LogP contribution in [-0.4, -0.2) is 16.2 Å². The maximum absolute atomic E-state index is 12.8. The molecule has 0 radical (unpaired) electrons. The normalized spacial score (nSPS) is 12.1. The van der Waals surface area contributed by atoms with Gasteiger partial charge in [-0.2, -0.15) is 0 Å². The van der Waals surface area contributed by atoms with Gasteiger partial charge in [-0.25, -0.2) is 9.18 Å². The summed E-state index contributed by atoms with van der Waals surface area (Å²) in [6.07, 6.45) is -1.09. The molecule has 0 saturated heterocycles. The van der Waals surface area contributed by atoms with E-state index in [1.807, 2.05) is 0 Å². The predicted molar refractivity (Wildman–Crippen MR) is 63.9 cm³/mol. The van der Waals surface area contributed by atoms with Gasteiger partial charge < -0.3 is 10.2 Å². The van der Waals surface area contributed by atoms with Crippen molar-refractivity contribution in [3.05, 3.63) is 71.0 Å². The van der Waals surface area contributed by atoms with Crippen LogP contribution in [0.5, 0.6) is 0 Å². The van der Waals surface area contributed by atoms with Gasteiger partial charge >= 0.3 is 5.97 Å². The Balaban J connectivity index is 2.42. The first-order valence-electron chi connectivity index (χ1n) is 5.35. The van der Waals surface area contributed by atoms with Crippen molar-refractivity contribution in [2.75, 3.05) is 0 Å². The van der Waals surface area contributed by atoms with Crippen molar-refractivity contribution in [2.45, 2.75) is 6.10 Å². The quantitative estimate of drug-likeness (QED) is 0.875. The molecule has 2 rings (SSSR count). The first-order chi connectivity index (χ1) is 8.59. The lowest BCUT2D eigenvalue weighted by Crippen LogP contribution is -2.08. The fourth-order valence-corrected chi connectivity index (χ4v) is 1.75. The minimum absolute atomic E-state index is 0.0364. The van der Waals surface area contributed by atoms with Crippen molar-refractivity contribution < 1.29 is 19.4 Å². The van der Waals surface area contributed by atoms with Gasteiger partial charge in [-0.1, -0.05) is 30.3 Å². The number of aliphatic hydroxyl groups is 1. The number of rotatable bonds is 3. The van der Waals surface area contributed by atoms with E-state index >= 15 is 0 Å². The van der Waals surface area contributed by atoms with Gasteiger partial charge in [-0.05, 0) is 29.3 Å². The summed E-state index contributed by atoms with van der Waals surface area (Å²) in [4.78, 5) is 11.0. The SMILES string of the molecule is O=C(O)c1ccccc1C(O)c1ccc(F)cc1. The molecule has 4 heteroatoms. The first kappa shape index (κ1) is 12.3. The number of carbonyl (C=O) groups is 1. The van der Waals surface area contributed by atoms with Crippen LogP contribution in [0.3, 0.4) is 0 Å². The average Bonchev–Trinajstić information content (AvgIpc) is 2.39. The van der Waals surface area contributed by atoms with E-state index in [1.165, 1.54) is 36.4 Å². The molecule has 2 aromatic rings. The molecule has 18 heavy (non-hydrogen) atoms. The first-order valence-corrected chi connectivity index (χ1v) is 5.35. The zero-order valence-corrected chi connectivity index (χ0v) is 9.38. The molecule has 0 amide bonds. The number of aliphatic hydroxyl groups excluding tert-OH is 1. The summed E-state index contributed by atoms with van der Waals surface area (Å²) in [6.45, 7) is 0. The summed E-state index contributed by atoms with van der Waals surface area (Å²) in [5.41, 5.74) is 0.774. The van der Waals surface area contributed by atoms with Gasteiger partial charge in [0.15, 0.2) is 0 Å². The van der Waals surface area contributed by atoms with Gasteiger partial charge in [-0.3, -0.25) is 0 Å². The summed E-state index contributed by atoms with van der Waals surface area (Å²) in [5.74, 6) is -1.51. The molecular weight excluding hydrogens is 235 g/mol.